The van der Waals surface area contributed by atoms with Gasteiger partial charge in [-0.3, -0.25) is 14.7 Å². The van der Waals surface area contributed by atoms with Crippen LogP contribution in [-0.4, -0.2) is 71.2 Å². The minimum atomic E-state index is -0.581. The SMILES string of the molecule is CC(OCC(O)CN1CCN(C(=O)C(c2ccccc2)c2ccccc2)CC1)c1cccnc1. The van der Waals surface area contributed by atoms with Crippen LogP contribution >= 0.6 is 0 Å². The van der Waals surface area contributed by atoms with Gasteiger partial charge in [0.2, 0.25) is 5.91 Å². The Morgan fingerprint density at radius 1 is 0.912 bits per heavy atom. The number of β-amino-alcohol motifs (C(OH)–C–C–N with tert-alkyl or cyclic N) is 1. The van der Waals surface area contributed by atoms with Crippen molar-refractivity contribution in [3.8, 4) is 0 Å². The van der Waals surface area contributed by atoms with E-state index in [9.17, 15) is 9.90 Å². The molecule has 1 saturated heterocycles. The van der Waals surface area contributed by atoms with Crippen molar-refractivity contribution in [1.82, 2.24) is 14.8 Å². The molecule has 2 unspecified atom stereocenters. The summed E-state index contributed by atoms with van der Waals surface area (Å²) in [7, 11) is 0. The predicted molar refractivity (Wildman–Crippen MR) is 132 cm³/mol. The number of piperazine rings is 1. The van der Waals surface area contributed by atoms with E-state index in [4.69, 9.17) is 4.74 Å². The van der Waals surface area contributed by atoms with E-state index in [-0.39, 0.29) is 24.5 Å². The van der Waals surface area contributed by atoms with Crippen LogP contribution in [0.4, 0.5) is 0 Å². The quantitative estimate of drug-likeness (QED) is 0.531. The fourth-order valence-corrected chi connectivity index (χ4v) is 4.42. The highest BCUT2D eigenvalue weighted by molar-refractivity contribution is 5.87. The summed E-state index contributed by atoms with van der Waals surface area (Å²) >= 11 is 0. The molecule has 2 atom stereocenters. The summed E-state index contributed by atoms with van der Waals surface area (Å²) in [5, 5.41) is 10.5. The summed E-state index contributed by atoms with van der Waals surface area (Å²) in [6, 6.07) is 23.8. The maximum Gasteiger partial charge on any atom is 0.234 e. The summed E-state index contributed by atoms with van der Waals surface area (Å²) in [6.07, 6.45) is 2.82. The predicted octanol–water partition coefficient (Wildman–Crippen LogP) is 3.50. The molecule has 6 nitrogen and oxygen atoms in total. The molecule has 0 spiro atoms. The number of aromatic nitrogens is 1. The van der Waals surface area contributed by atoms with Crippen LogP contribution in [0.5, 0.6) is 0 Å². The molecule has 2 heterocycles. The number of aliphatic hydroxyl groups is 1. The number of rotatable bonds is 9. The number of ether oxygens (including phenoxy) is 1. The molecule has 0 radical (unpaired) electrons. The first kappa shape index (κ1) is 24.1. The Bertz CT molecular complexity index is 969. The van der Waals surface area contributed by atoms with E-state index in [0.29, 0.717) is 19.6 Å². The van der Waals surface area contributed by atoms with Crippen LogP contribution in [0.3, 0.4) is 0 Å². The molecular weight excluding hydrogens is 426 g/mol. The highest BCUT2D eigenvalue weighted by Gasteiger charge is 2.30. The van der Waals surface area contributed by atoms with Gasteiger partial charge in [-0.1, -0.05) is 66.7 Å². The zero-order chi connectivity index (χ0) is 23.8. The third kappa shape index (κ3) is 6.29. The molecule has 178 valence electrons. The Hall–Kier alpha value is -3.06. The molecule has 1 aromatic heterocycles. The Labute approximate surface area is 201 Å². The van der Waals surface area contributed by atoms with Crippen molar-refractivity contribution in [3.63, 3.8) is 0 Å². The van der Waals surface area contributed by atoms with E-state index in [1.165, 1.54) is 0 Å². The van der Waals surface area contributed by atoms with E-state index in [2.05, 4.69) is 9.88 Å². The van der Waals surface area contributed by atoms with Gasteiger partial charge in [0.1, 0.15) is 0 Å². The molecule has 6 heteroatoms. The maximum absolute atomic E-state index is 13.6. The normalized spacial score (nSPS) is 16.4. The first-order valence-corrected chi connectivity index (χ1v) is 11.9. The number of carbonyl (C=O) groups excluding carboxylic acids is 1. The minimum absolute atomic E-state index is 0.120. The fraction of sp³-hybridized carbons (Fsp3) is 0.357. The monoisotopic (exact) mass is 459 g/mol. The number of hydrogen-bond donors (Lipinski definition) is 1. The Morgan fingerprint density at radius 3 is 2.06 bits per heavy atom. The van der Waals surface area contributed by atoms with E-state index >= 15 is 0 Å². The molecule has 4 rings (SSSR count). The largest absolute Gasteiger partial charge is 0.389 e. The lowest BCUT2D eigenvalue weighted by molar-refractivity contribution is -0.133. The van der Waals surface area contributed by atoms with Crippen molar-refractivity contribution in [2.75, 3.05) is 39.3 Å². The molecule has 1 amide bonds. The number of nitrogens with zero attached hydrogens (tertiary/aromatic N) is 3. The molecule has 0 bridgehead atoms. The van der Waals surface area contributed by atoms with Crippen LogP contribution in [0.2, 0.25) is 0 Å². The van der Waals surface area contributed by atoms with Gasteiger partial charge in [0, 0.05) is 45.1 Å². The Balaban J connectivity index is 1.29. The molecule has 0 aliphatic carbocycles. The van der Waals surface area contributed by atoms with Crippen LogP contribution in [0, 0.1) is 0 Å². The first-order chi connectivity index (χ1) is 16.6. The molecule has 1 aliphatic heterocycles. The zero-order valence-electron chi connectivity index (χ0n) is 19.7. The molecular formula is C28H33N3O3. The number of carbonyl (C=O) groups is 1. The third-order valence-corrected chi connectivity index (χ3v) is 6.36. The van der Waals surface area contributed by atoms with Gasteiger partial charge in [-0.15, -0.1) is 0 Å². The number of aliphatic hydroxyl groups excluding tert-OH is 1. The van der Waals surface area contributed by atoms with Gasteiger partial charge in [0.05, 0.1) is 24.7 Å². The van der Waals surface area contributed by atoms with E-state index in [1.807, 2.05) is 84.6 Å². The van der Waals surface area contributed by atoms with Crippen molar-refractivity contribution >= 4 is 5.91 Å². The second-order valence-corrected chi connectivity index (χ2v) is 8.80. The molecule has 1 fully saturated rings. The molecule has 3 aromatic rings. The lowest BCUT2D eigenvalue weighted by Gasteiger charge is -2.37. The first-order valence-electron chi connectivity index (χ1n) is 11.9. The van der Waals surface area contributed by atoms with Crippen molar-refractivity contribution < 1.29 is 14.6 Å². The van der Waals surface area contributed by atoms with Crippen LogP contribution in [0.15, 0.2) is 85.2 Å². The number of hydrogen-bond acceptors (Lipinski definition) is 5. The van der Waals surface area contributed by atoms with E-state index in [0.717, 1.165) is 29.8 Å². The fourth-order valence-electron chi connectivity index (χ4n) is 4.42. The van der Waals surface area contributed by atoms with Gasteiger partial charge in [-0.05, 0) is 29.7 Å². The second kappa shape index (κ2) is 11.9. The van der Waals surface area contributed by atoms with Crippen LogP contribution in [0.25, 0.3) is 0 Å². The van der Waals surface area contributed by atoms with Gasteiger partial charge >= 0.3 is 0 Å². The lowest BCUT2D eigenvalue weighted by Crippen LogP contribution is -2.51. The van der Waals surface area contributed by atoms with E-state index in [1.54, 1.807) is 12.4 Å². The number of benzene rings is 2. The lowest BCUT2D eigenvalue weighted by atomic mass is 9.90. The summed E-state index contributed by atoms with van der Waals surface area (Å²) in [4.78, 5) is 21.8. The average molecular weight is 460 g/mol. The van der Waals surface area contributed by atoms with E-state index < -0.39 is 6.10 Å². The molecule has 1 aliphatic rings. The molecule has 2 aromatic carbocycles. The van der Waals surface area contributed by atoms with Crippen LogP contribution in [0.1, 0.15) is 35.6 Å². The zero-order valence-corrected chi connectivity index (χ0v) is 19.7. The summed E-state index contributed by atoms with van der Waals surface area (Å²) in [5.41, 5.74) is 3.01. The van der Waals surface area contributed by atoms with Gasteiger partial charge < -0.3 is 14.7 Å². The summed E-state index contributed by atoms with van der Waals surface area (Å²) in [5.74, 6) is -0.173. The molecule has 1 N–H and O–H groups in total. The van der Waals surface area contributed by atoms with Gasteiger partial charge in [-0.2, -0.15) is 0 Å². The van der Waals surface area contributed by atoms with Crippen molar-refractivity contribution in [1.29, 1.82) is 0 Å². The smallest absolute Gasteiger partial charge is 0.234 e. The minimum Gasteiger partial charge on any atom is -0.389 e. The van der Waals surface area contributed by atoms with Gasteiger partial charge in [-0.25, -0.2) is 0 Å². The summed E-state index contributed by atoms with van der Waals surface area (Å²) < 4.78 is 5.84. The van der Waals surface area contributed by atoms with Crippen LogP contribution in [-0.2, 0) is 9.53 Å². The topological polar surface area (TPSA) is 65.9 Å². The van der Waals surface area contributed by atoms with Crippen molar-refractivity contribution in [3.05, 3.63) is 102 Å². The van der Waals surface area contributed by atoms with Gasteiger partial charge in [0.15, 0.2) is 0 Å². The Morgan fingerprint density at radius 2 is 1.50 bits per heavy atom. The maximum atomic E-state index is 13.6. The van der Waals surface area contributed by atoms with Gasteiger partial charge in [0.25, 0.3) is 0 Å². The third-order valence-electron chi connectivity index (χ3n) is 6.36. The Kier molecular flexibility index (Phi) is 8.41. The average Bonchev–Trinajstić information content (AvgIpc) is 2.89. The highest BCUT2D eigenvalue weighted by atomic mass is 16.5. The van der Waals surface area contributed by atoms with Crippen molar-refractivity contribution in [2.24, 2.45) is 0 Å². The number of pyridine rings is 1. The molecule has 0 saturated carbocycles. The number of amides is 1. The molecule has 34 heavy (non-hydrogen) atoms. The highest BCUT2D eigenvalue weighted by Crippen LogP contribution is 2.27. The van der Waals surface area contributed by atoms with Crippen molar-refractivity contribution in [2.45, 2.75) is 25.0 Å². The summed E-state index contributed by atoms with van der Waals surface area (Å²) in [6.45, 7) is 5.52. The second-order valence-electron chi connectivity index (χ2n) is 8.80. The standard InChI is InChI=1S/C28H33N3O3/c1-22(25-13-8-14-29-19-25)34-21-26(32)20-30-15-17-31(18-16-30)28(33)27(23-9-4-2-5-10-23)24-11-6-3-7-12-24/h2-14,19,22,26-27,32H,15-18,20-21H2,1H3. The van der Waals surface area contributed by atoms with Crippen LogP contribution < -0.4 is 0 Å².